The zero-order valence-corrected chi connectivity index (χ0v) is 10.4. The molecule has 1 fully saturated rings. The van der Waals surface area contributed by atoms with Gasteiger partial charge in [-0.15, -0.1) is 0 Å². The highest BCUT2D eigenvalue weighted by Crippen LogP contribution is 2.39. The highest BCUT2D eigenvalue weighted by Gasteiger charge is 2.48. The fourth-order valence-electron chi connectivity index (χ4n) is 1.96. The van der Waals surface area contributed by atoms with E-state index in [1.54, 1.807) is 32.0 Å². The van der Waals surface area contributed by atoms with Crippen molar-refractivity contribution < 1.29 is 14.7 Å². The lowest BCUT2D eigenvalue weighted by Gasteiger charge is -2.25. The normalized spacial score (nSPS) is 17.9. The summed E-state index contributed by atoms with van der Waals surface area (Å²) in [5, 5.41) is 11.9. The molecule has 5 heteroatoms. The summed E-state index contributed by atoms with van der Waals surface area (Å²) in [5.74, 6) is -1.41. The first kappa shape index (κ1) is 12.5. The summed E-state index contributed by atoms with van der Waals surface area (Å²) in [6.07, 6.45) is 1.68. The highest BCUT2D eigenvalue weighted by atomic mass is 16.4. The number of nitrogens with zero attached hydrogens (tertiary/aromatic N) is 1. The van der Waals surface area contributed by atoms with Crippen LogP contribution in [-0.2, 0) is 4.79 Å². The number of carboxylic acids is 1. The Hall–Kier alpha value is -1.91. The molecule has 1 saturated carbocycles. The number of carbonyl (C=O) groups is 2. The van der Waals surface area contributed by atoms with Crippen LogP contribution < -0.4 is 5.32 Å². The van der Waals surface area contributed by atoms with Crippen molar-refractivity contribution in [3.8, 4) is 0 Å². The summed E-state index contributed by atoms with van der Waals surface area (Å²) in [6.45, 7) is 3.34. The molecule has 96 valence electrons. The number of carbonyl (C=O) groups excluding carboxylic acids is 1. The molecule has 1 amide bonds. The smallest absolute Gasteiger partial charge is 0.329 e. The molecule has 0 spiro atoms. The molecule has 1 aliphatic carbocycles. The van der Waals surface area contributed by atoms with Gasteiger partial charge in [-0.25, -0.2) is 9.78 Å². The Labute approximate surface area is 105 Å². The van der Waals surface area contributed by atoms with Crippen LogP contribution >= 0.6 is 0 Å². The lowest BCUT2D eigenvalue weighted by atomic mass is 9.95. The van der Waals surface area contributed by atoms with Crippen LogP contribution in [-0.4, -0.2) is 27.5 Å². The number of rotatable bonds is 4. The van der Waals surface area contributed by atoms with E-state index in [1.807, 2.05) is 0 Å². The maximum Gasteiger partial charge on any atom is 0.329 e. The number of hydrogen-bond donors (Lipinski definition) is 2. The van der Waals surface area contributed by atoms with E-state index in [0.29, 0.717) is 0 Å². The Bertz CT molecular complexity index is 497. The van der Waals surface area contributed by atoms with E-state index in [-0.39, 0.29) is 11.6 Å². The summed E-state index contributed by atoms with van der Waals surface area (Å²) >= 11 is 0. The van der Waals surface area contributed by atoms with Gasteiger partial charge in [0.15, 0.2) is 0 Å². The van der Waals surface area contributed by atoms with Crippen LogP contribution in [0, 0.1) is 12.8 Å². The fourth-order valence-corrected chi connectivity index (χ4v) is 1.96. The number of amides is 1. The van der Waals surface area contributed by atoms with Gasteiger partial charge >= 0.3 is 5.97 Å². The molecule has 1 aromatic heterocycles. The van der Waals surface area contributed by atoms with E-state index < -0.39 is 17.4 Å². The average Bonchev–Trinajstić information content (AvgIpc) is 3.12. The number of aryl methyl sites for hydroxylation is 1. The highest BCUT2D eigenvalue weighted by molar-refractivity contribution is 5.96. The Balaban J connectivity index is 2.17. The van der Waals surface area contributed by atoms with Gasteiger partial charge in [0.2, 0.25) is 0 Å². The zero-order valence-electron chi connectivity index (χ0n) is 10.4. The molecule has 1 atom stereocenters. The summed E-state index contributed by atoms with van der Waals surface area (Å²) in [7, 11) is 0. The molecule has 18 heavy (non-hydrogen) atoms. The second kappa shape index (κ2) is 4.40. The number of pyridine rings is 1. The van der Waals surface area contributed by atoms with Gasteiger partial charge in [-0.3, -0.25) is 4.79 Å². The van der Waals surface area contributed by atoms with E-state index in [2.05, 4.69) is 10.3 Å². The molecular weight excluding hydrogens is 232 g/mol. The molecule has 1 aliphatic rings. The Morgan fingerprint density at radius 2 is 2.11 bits per heavy atom. The average molecular weight is 248 g/mol. The molecule has 1 heterocycles. The van der Waals surface area contributed by atoms with Crippen molar-refractivity contribution in [1.29, 1.82) is 0 Å². The van der Waals surface area contributed by atoms with E-state index >= 15 is 0 Å². The third kappa shape index (κ3) is 2.34. The zero-order chi connectivity index (χ0) is 13.3. The number of carboxylic acid groups (broad SMARTS) is 1. The van der Waals surface area contributed by atoms with Crippen LogP contribution in [0.3, 0.4) is 0 Å². The number of aromatic nitrogens is 1. The Morgan fingerprint density at radius 3 is 2.61 bits per heavy atom. The quantitative estimate of drug-likeness (QED) is 0.843. The Kier molecular flexibility index (Phi) is 3.07. The predicted molar refractivity (Wildman–Crippen MR) is 65.2 cm³/mol. The van der Waals surface area contributed by atoms with E-state index in [9.17, 15) is 14.7 Å². The minimum atomic E-state index is -1.19. The first-order valence-corrected chi connectivity index (χ1v) is 5.93. The van der Waals surface area contributed by atoms with Crippen molar-refractivity contribution in [3.63, 3.8) is 0 Å². The van der Waals surface area contributed by atoms with Gasteiger partial charge in [-0.1, -0.05) is 6.07 Å². The molecule has 2 N–H and O–H groups in total. The van der Waals surface area contributed by atoms with Crippen LogP contribution in [0.1, 0.15) is 35.9 Å². The molecule has 0 radical (unpaired) electrons. The van der Waals surface area contributed by atoms with E-state index in [4.69, 9.17) is 0 Å². The van der Waals surface area contributed by atoms with Crippen LogP contribution in [0.15, 0.2) is 18.2 Å². The molecule has 5 nitrogen and oxygen atoms in total. The van der Waals surface area contributed by atoms with Crippen molar-refractivity contribution in [2.45, 2.75) is 32.2 Å². The third-order valence-corrected chi connectivity index (χ3v) is 3.33. The van der Waals surface area contributed by atoms with E-state index in [0.717, 1.165) is 18.5 Å². The van der Waals surface area contributed by atoms with Crippen LogP contribution in [0.5, 0.6) is 0 Å². The van der Waals surface area contributed by atoms with Gasteiger partial charge in [0.05, 0.1) is 0 Å². The van der Waals surface area contributed by atoms with Gasteiger partial charge in [0.25, 0.3) is 5.91 Å². The standard InChI is InChI=1S/C13H16N2O3/c1-8-4-3-5-10(14-8)11(16)15-13(2,12(17)18)9-6-7-9/h3-5,9H,6-7H2,1-2H3,(H,15,16)(H,17,18). The lowest BCUT2D eigenvalue weighted by Crippen LogP contribution is -2.54. The van der Waals surface area contributed by atoms with Gasteiger partial charge < -0.3 is 10.4 Å². The lowest BCUT2D eigenvalue weighted by molar-refractivity contribution is -0.144. The SMILES string of the molecule is Cc1cccc(C(=O)NC(C)(C(=O)O)C2CC2)n1. The van der Waals surface area contributed by atoms with Crippen LogP contribution in [0.2, 0.25) is 0 Å². The first-order valence-electron chi connectivity index (χ1n) is 5.93. The molecule has 0 bridgehead atoms. The second-order valence-electron chi connectivity index (χ2n) is 4.90. The molecule has 0 aromatic carbocycles. The summed E-state index contributed by atoms with van der Waals surface area (Å²) in [6, 6.07) is 5.10. The summed E-state index contributed by atoms with van der Waals surface area (Å²) in [5.41, 5.74) is -0.211. The van der Waals surface area contributed by atoms with Gasteiger partial charge in [-0.05, 0) is 44.7 Å². The minimum absolute atomic E-state index is 0.0174. The first-order chi connectivity index (χ1) is 8.43. The number of nitrogens with one attached hydrogen (secondary N) is 1. The molecule has 0 aliphatic heterocycles. The molecule has 1 aromatic rings. The molecule has 2 rings (SSSR count). The second-order valence-corrected chi connectivity index (χ2v) is 4.90. The largest absolute Gasteiger partial charge is 0.480 e. The van der Waals surface area contributed by atoms with Gasteiger partial charge in [-0.2, -0.15) is 0 Å². The third-order valence-electron chi connectivity index (χ3n) is 3.33. The van der Waals surface area contributed by atoms with Crippen molar-refractivity contribution in [2.75, 3.05) is 0 Å². The van der Waals surface area contributed by atoms with Gasteiger partial charge in [0, 0.05) is 5.69 Å². The molecular formula is C13H16N2O3. The summed E-state index contributed by atoms with van der Waals surface area (Å²) < 4.78 is 0. The molecule has 1 unspecified atom stereocenters. The monoisotopic (exact) mass is 248 g/mol. The topological polar surface area (TPSA) is 79.3 Å². The van der Waals surface area contributed by atoms with Gasteiger partial charge in [0.1, 0.15) is 11.2 Å². The number of hydrogen-bond acceptors (Lipinski definition) is 3. The van der Waals surface area contributed by atoms with Crippen molar-refractivity contribution in [2.24, 2.45) is 5.92 Å². The maximum absolute atomic E-state index is 12.0. The van der Waals surface area contributed by atoms with Crippen molar-refractivity contribution in [3.05, 3.63) is 29.6 Å². The summed E-state index contributed by atoms with van der Waals surface area (Å²) in [4.78, 5) is 27.4. The maximum atomic E-state index is 12.0. The predicted octanol–water partition coefficient (Wildman–Crippen LogP) is 1.37. The fraction of sp³-hybridized carbons (Fsp3) is 0.462. The van der Waals surface area contributed by atoms with Crippen LogP contribution in [0.4, 0.5) is 0 Å². The number of aliphatic carboxylic acids is 1. The Morgan fingerprint density at radius 1 is 1.44 bits per heavy atom. The van der Waals surface area contributed by atoms with Crippen molar-refractivity contribution in [1.82, 2.24) is 10.3 Å². The van der Waals surface area contributed by atoms with Crippen LogP contribution in [0.25, 0.3) is 0 Å². The van der Waals surface area contributed by atoms with E-state index in [1.165, 1.54) is 0 Å². The molecule has 0 saturated heterocycles. The minimum Gasteiger partial charge on any atom is -0.480 e. The van der Waals surface area contributed by atoms with Crippen molar-refractivity contribution >= 4 is 11.9 Å².